The molecular weight excluding hydrogens is 404 g/mol. The van der Waals surface area contributed by atoms with Crippen LogP contribution in [0.3, 0.4) is 0 Å². The van der Waals surface area contributed by atoms with Crippen molar-refractivity contribution in [1.82, 2.24) is 24.9 Å². The van der Waals surface area contributed by atoms with E-state index < -0.39 is 10.8 Å². The minimum Gasteiger partial charge on any atom is -0.395 e. The molecule has 0 bridgehead atoms. The summed E-state index contributed by atoms with van der Waals surface area (Å²) in [6.45, 7) is 2.20. The summed E-state index contributed by atoms with van der Waals surface area (Å²) in [4.78, 5) is 26.5. The Kier molecular flexibility index (Phi) is 6.29. The summed E-state index contributed by atoms with van der Waals surface area (Å²) in [5, 5.41) is 12.2. The predicted octanol–water partition coefficient (Wildman–Crippen LogP) is 0.424. The summed E-state index contributed by atoms with van der Waals surface area (Å²) in [6, 6.07) is 3.91. The largest absolute Gasteiger partial charge is 0.395 e. The van der Waals surface area contributed by atoms with Gasteiger partial charge in [-0.3, -0.25) is 9.19 Å². The number of aliphatic hydroxyl groups is 1. The van der Waals surface area contributed by atoms with Gasteiger partial charge in [0, 0.05) is 67.9 Å². The molecule has 0 atom stereocenters. The Morgan fingerprint density at radius 1 is 1.23 bits per heavy atom. The van der Waals surface area contributed by atoms with Crippen molar-refractivity contribution in [3.8, 4) is 0 Å². The van der Waals surface area contributed by atoms with Crippen LogP contribution in [0, 0.1) is 0 Å². The third-order valence-corrected chi connectivity index (χ3v) is 6.10. The van der Waals surface area contributed by atoms with Crippen LogP contribution in [0.2, 0.25) is 0 Å². The third kappa shape index (κ3) is 4.46. The van der Waals surface area contributed by atoms with Gasteiger partial charge in [0.2, 0.25) is 5.95 Å². The van der Waals surface area contributed by atoms with Gasteiger partial charge in [0.05, 0.1) is 6.61 Å². The second kappa shape index (κ2) is 9.26. The first-order chi connectivity index (χ1) is 14.7. The van der Waals surface area contributed by atoms with E-state index in [1.807, 2.05) is 30.3 Å². The molecule has 10 nitrogen and oxygen atoms in total. The molecule has 0 spiro atoms. The first-order valence-corrected chi connectivity index (χ1v) is 11.2. The van der Waals surface area contributed by atoms with E-state index in [2.05, 4.69) is 35.1 Å². The van der Waals surface area contributed by atoms with Gasteiger partial charge in [0.25, 0.3) is 0 Å². The fourth-order valence-corrected chi connectivity index (χ4v) is 4.41. The van der Waals surface area contributed by atoms with Crippen LogP contribution in [0.5, 0.6) is 0 Å². The lowest BCUT2D eigenvalue weighted by Crippen LogP contribution is -2.38. The number of fused-ring (bicyclic) bond motifs is 1. The first kappa shape index (κ1) is 20.4. The van der Waals surface area contributed by atoms with Gasteiger partial charge >= 0.3 is 0 Å². The lowest BCUT2D eigenvalue weighted by molar-refractivity contribution is 0.311. The second-order valence-corrected chi connectivity index (χ2v) is 8.66. The molecule has 11 heteroatoms. The minimum atomic E-state index is -0.794. The molecular formula is C19H24N8O2S. The van der Waals surface area contributed by atoms with Crippen LogP contribution < -0.4 is 15.1 Å². The summed E-state index contributed by atoms with van der Waals surface area (Å²) in [6.07, 6.45) is 5.09. The zero-order chi connectivity index (χ0) is 20.9. The Morgan fingerprint density at radius 3 is 2.80 bits per heavy atom. The highest BCUT2D eigenvalue weighted by Crippen LogP contribution is 2.29. The summed E-state index contributed by atoms with van der Waals surface area (Å²) < 4.78 is 11.8. The standard InChI is InChI=1S/C19H24N8O2S/c1-26(12-14-3-2-4-20-11-14)17-16-15(22-13-23-17)18(25-19(24-16)21-5-8-28)27-6-9-30(29)10-7-27/h2-4,11,13,28H,5-10,12H2,1H3,(H,21,24,25). The zero-order valence-corrected chi connectivity index (χ0v) is 17.5. The highest BCUT2D eigenvalue weighted by molar-refractivity contribution is 7.85. The van der Waals surface area contributed by atoms with Crippen molar-refractivity contribution in [3.05, 3.63) is 36.4 Å². The van der Waals surface area contributed by atoms with E-state index in [1.165, 1.54) is 6.33 Å². The maximum Gasteiger partial charge on any atom is 0.225 e. The Bertz CT molecular complexity index is 1030. The van der Waals surface area contributed by atoms with Crippen LogP contribution in [-0.2, 0) is 17.3 Å². The van der Waals surface area contributed by atoms with Gasteiger partial charge in [-0.2, -0.15) is 4.98 Å². The van der Waals surface area contributed by atoms with Crippen molar-refractivity contribution >= 4 is 39.4 Å². The number of rotatable bonds is 7. The molecule has 1 aliphatic heterocycles. The van der Waals surface area contributed by atoms with Crippen molar-refractivity contribution in [2.45, 2.75) is 6.54 Å². The van der Waals surface area contributed by atoms with Crippen molar-refractivity contribution in [1.29, 1.82) is 0 Å². The molecule has 1 saturated heterocycles. The number of hydrogen-bond donors (Lipinski definition) is 2. The van der Waals surface area contributed by atoms with Crippen LogP contribution >= 0.6 is 0 Å². The van der Waals surface area contributed by atoms with E-state index in [0.29, 0.717) is 66.3 Å². The molecule has 2 N–H and O–H groups in total. The van der Waals surface area contributed by atoms with Gasteiger partial charge in [-0.05, 0) is 11.6 Å². The van der Waals surface area contributed by atoms with Gasteiger partial charge in [0.1, 0.15) is 17.4 Å². The van der Waals surface area contributed by atoms with Crippen LogP contribution in [0.15, 0.2) is 30.9 Å². The monoisotopic (exact) mass is 428 g/mol. The molecule has 4 heterocycles. The predicted molar refractivity (Wildman–Crippen MR) is 117 cm³/mol. The second-order valence-electron chi connectivity index (χ2n) is 6.97. The SMILES string of the molecule is CN(Cc1cccnc1)c1ncnc2c(N3CCS(=O)CC3)nc(NCCO)nc12. The summed E-state index contributed by atoms with van der Waals surface area (Å²) >= 11 is 0. The molecule has 1 aliphatic rings. The van der Waals surface area contributed by atoms with E-state index in [4.69, 9.17) is 0 Å². The summed E-state index contributed by atoms with van der Waals surface area (Å²) in [7, 11) is 1.15. The summed E-state index contributed by atoms with van der Waals surface area (Å²) in [5.41, 5.74) is 2.33. The highest BCUT2D eigenvalue weighted by Gasteiger charge is 2.23. The van der Waals surface area contributed by atoms with Gasteiger partial charge in [-0.25, -0.2) is 15.0 Å². The molecule has 3 aromatic rings. The van der Waals surface area contributed by atoms with Crippen molar-refractivity contribution in [2.75, 3.05) is 59.9 Å². The van der Waals surface area contributed by atoms with Crippen LogP contribution in [0.1, 0.15) is 5.56 Å². The molecule has 0 aromatic carbocycles. The van der Waals surface area contributed by atoms with Crippen molar-refractivity contribution < 1.29 is 9.32 Å². The molecule has 0 aliphatic carbocycles. The van der Waals surface area contributed by atoms with Crippen molar-refractivity contribution in [3.63, 3.8) is 0 Å². The van der Waals surface area contributed by atoms with Gasteiger partial charge < -0.3 is 20.2 Å². The number of nitrogens with zero attached hydrogens (tertiary/aromatic N) is 7. The molecule has 0 unspecified atom stereocenters. The number of nitrogens with one attached hydrogen (secondary N) is 1. The number of anilines is 3. The topological polar surface area (TPSA) is 120 Å². The van der Waals surface area contributed by atoms with E-state index in [1.54, 1.807) is 6.20 Å². The molecule has 0 amide bonds. The lowest BCUT2D eigenvalue weighted by atomic mass is 10.2. The lowest BCUT2D eigenvalue weighted by Gasteiger charge is -2.28. The maximum absolute atomic E-state index is 11.8. The Labute approximate surface area is 176 Å². The molecule has 3 aromatic heterocycles. The third-order valence-electron chi connectivity index (χ3n) is 4.82. The molecule has 158 valence electrons. The molecule has 0 radical (unpaired) electrons. The van der Waals surface area contributed by atoms with E-state index in [9.17, 15) is 9.32 Å². The average Bonchev–Trinajstić information content (AvgIpc) is 2.78. The molecule has 0 saturated carbocycles. The number of aliphatic hydroxyl groups excluding tert-OH is 1. The van der Waals surface area contributed by atoms with Gasteiger partial charge in [-0.15, -0.1) is 0 Å². The number of pyridine rings is 1. The molecule has 30 heavy (non-hydrogen) atoms. The Balaban J connectivity index is 1.75. The fraction of sp³-hybridized carbons (Fsp3) is 0.421. The van der Waals surface area contributed by atoms with Crippen LogP contribution in [0.25, 0.3) is 11.0 Å². The highest BCUT2D eigenvalue weighted by atomic mass is 32.2. The number of hydrogen-bond acceptors (Lipinski definition) is 10. The minimum absolute atomic E-state index is 0.0293. The van der Waals surface area contributed by atoms with Crippen LogP contribution in [-0.4, -0.2) is 79.0 Å². The smallest absolute Gasteiger partial charge is 0.225 e. The number of aromatic nitrogens is 5. The van der Waals surface area contributed by atoms with E-state index >= 15 is 0 Å². The van der Waals surface area contributed by atoms with E-state index in [0.717, 1.165) is 5.56 Å². The Hall–Kier alpha value is -2.92. The zero-order valence-electron chi connectivity index (χ0n) is 16.7. The fourth-order valence-electron chi connectivity index (χ4n) is 3.36. The molecule has 4 rings (SSSR count). The van der Waals surface area contributed by atoms with Crippen molar-refractivity contribution in [2.24, 2.45) is 0 Å². The van der Waals surface area contributed by atoms with Gasteiger partial charge in [-0.1, -0.05) is 6.07 Å². The summed E-state index contributed by atoms with van der Waals surface area (Å²) in [5.74, 6) is 2.98. The van der Waals surface area contributed by atoms with Crippen LogP contribution in [0.4, 0.5) is 17.6 Å². The average molecular weight is 429 g/mol. The maximum atomic E-state index is 11.8. The van der Waals surface area contributed by atoms with Gasteiger partial charge in [0.15, 0.2) is 11.6 Å². The van der Waals surface area contributed by atoms with E-state index in [-0.39, 0.29) is 6.61 Å². The quantitative estimate of drug-likeness (QED) is 0.548. The normalized spacial score (nSPS) is 14.8. The first-order valence-electron chi connectivity index (χ1n) is 9.73. The Morgan fingerprint density at radius 2 is 2.07 bits per heavy atom. The molecule has 1 fully saturated rings.